The molecule has 0 saturated heterocycles. The largest absolute Gasteiger partial charge is 0.474 e. The van der Waals surface area contributed by atoms with Crippen LogP contribution in [-0.2, 0) is 17.7 Å². The average molecular weight is 430 g/mol. The van der Waals surface area contributed by atoms with Crippen LogP contribution in [0.25, 0.3) is 16.6 Å². The molecule has 0 radical (unpaired) electrons. The summed E-state index contributed by atoms with van der Waals surface area (Å²) in [5, 5.41) is 0. The third-order valence-corrected chi connectivity index (χ3v) is 6.06. The molecule has 0 unspecified atom stereocenters. The van der Waals surface area contributed by atoms with E-state index < -0.39 is 0 Å². The van der Waals surface area contributed by atoms with Gasteiger partial charge in [0.25, 0.3) is 5.56 Å². The summed E-state index contributed by atoms with van der Waals surface area (Å²) in [6.07, 6.45) is 7.77. The Morgan fingerprint density at radius 2 is 2.12 bits per heavy atom. The molecule has 7 nitrogen and oxygen atoms in total. The van der Waals surface area contributed by atoms with E-state index in [-0.39, 0.29) is 11.6 Å². The van der Waals surface area contributed by atoms with E-state index in [2.05, 4.69) is 37.0 Å². The zero-order chi connectivity index (χ0) is 22.1. The predicted molar refractivity (Wildman–Crippen MR) is 126 cm³/mol. The Labute approximate surface area is 186 Å². The van der Waals surface area contributed by atoms with Gasteiger partial charge in [-0.15, -0.1) is 0 Å². The van der Waals surface area contributed by atoms with Gasteiger partial charge in [0, 0.05) is 37.6 Å². The highest BCUT2D eigenvalue weighted by Gasteiger charge is 2.18. The lowest BCUT2D eigenvalue weighted by Gasteiger charge is -2.26. The van der Waals surface area contributed by atoms with E-state index in [4.69, 9.17) is 4.74 Å². The molecule has 3 aromatic rings. The van der Waals surface area contributed by atoms with Crippen LogP contribution in [0, 0.1) is 0 Å². The summed E-state index contributed by atoms with van der Waals surface area (Å²) in [5.41, 5.74) is 6.75. The molecule has 1 N–H and O–H groups in total. The quantitative estimate of drug-likeness (QED) is 0.673. The number of rotatable bonds is 5. The minimum atomic E-state index is -0.0230. The standard InChI is InChI=1S/C25H27N5O2/c1-3-18-11-22-23(29-24(18)31)10-17(12-26-22)14-30-8-6-19(7-9-30)20-4-5-21(27-13-20)25-28-16(2)15-32-25/h4-6,10-13,16H,3,7-9,14-15H2,1-2H3,(H,29,31)/t16-/m0/s1. The van der Waals surface area contributed by atoms with Crippen molar-refractivity contribution in [3.8, 4) is 0 Å². The molecule has 0 aliphatic carbocycles. The van der Waals surface area contributed by atoms with Crippen LogP contribution in [0.5, 0.6) is 0 Å². The fourth-order valence-electron chi connectivity index (χ4n) is 4.22. The van der Waals surface area contributed by atoms with Crippen molar-refractivity contribution in [1.82, 2.24) is 19.9 Å². The Bertz CT molecular complexity index is 1260. The Balaban J connectivity index is 1.25. The van der Waals surface area contributed by atoms with Crippen LogP contribution in [-0.4, -0.2) is 51.5 Å². The average Bonchev–Trinajstić information content (AvgIpc) is 3.25. The molecular weight excluding hydrogens is 402 g/mol. The molecule has 0 saturated carbocycles. The van der Waals surface area contributed by atoms with E-state index >= 15 is 0 Å². The molecule has 0 bridgehead atoms. The number of aromatic nitrogens is 3. The Hall–Kier alpha value is -3.32. The van der Waals surface area contributed by atoms with Gasteiger partial charge in [-0.2, -0.15) is 0 Å². The molecule has 2 aliphatic rings. The lowest BCUT2D eigenvalue weighted by Crippen LogP contribution is -2.28. The number of aromatic amines is 1. The van der Waals surface area contributed by atoms with E-state index in [0.29, 0.717) is 18.9 Å². The van der Waals surface area contributed by atoms with Gasteiger partial charge < -0.3 is 9.72 Å². The second kappa shape index (κ2) is 8.67. The minimum Gasteiger partial charge on any atom is -0.474 e. The van der Waals surface area contributed by atoms with Gasteiger partial charge in [-0.1, -0.05) is 19.1 Å². The number of H-pyrrole nitrogens is 1. The van der Waals surface area contributed by atoms with E-state index in [0.717, 1.165) is 59.5 Å². The molecule has 2 aliphatic heterocycles. The molecule has 164 valence electrons. The summed E-state index contributed by atoms with van der Waals surface area (Å²) in [7, 11) is 0. The van der Waals surface area contributed by atoms with Crippen molar-refractivity contribution < 1.29 is 4.74 Å². The van der Waals surface area contributed by atoms with E-state index in [1.807, 2.05) is 44.4 Å². The third kappa shape index (κ3) is 4.21. The first-order valence-electron chi connectivity index (χ1n) is 11.2. The van der Waals surface area contributed by atoms with Gasteiger partial charge in [-0.25, -0.2) is 4.99 Å². The van der Waals surface area contributed by atoms with Crippen molar-refractivity contribution in [3.63, 3.8) is 0 Å². The number of pyridine rings is 3. The number of hydrogen-bond acceptors (Lipinski definition) is 6. The number of ether oxygens (including phenoxy) is 1. The molecule has 0 fully saturated rings. The fourth-order valence-corrected chi connectivity index (χ4v) is 4.22. The van der Waals surface area contributed by atoms with Gasteiger partial charge in [0.05, 0.1) is 17.1 Å². The second-order valence-electron chi connectivity index (χ2n) is 8.49. The number of hydrogen-bond donors (Lipinski definition) is 1. The van der Waals surface area contributed by atoms with E-state index in [9.17, 15) is 4.79 Å². The van der Waals surface area contributed by atoms with Crippen LogP contribution < -0.4 is 5.56 Å². The first kappa shape index (κ1) is 20.6. The lowest BCUT2D eigenvalue weighted by atomic mass is 10.0. The van der Waals surface area contributed by atoms with Crippen LogP contribution in [0.3, 0.4) is 0 Å². The molecule has 1 atom stereocenters. The van der Waals surface area contributed by atoms with Crippen molar-refractivity contribution in [1.29, 1.82) is 0 Å². The van der Waals surface area contributed by atoms with Crippen molar-refractivity contribution >= 4 is 22.5 Å². The first-order valence-corrected chi connectivity index (χ1v) is 11.2. The van der Waals surface area contributed by atoms with Crippen LogP contribution in [0.1, 0.15) is 42.7 Å². The number of nitrogens with one attached hydrogen (secondary N) is 1. The molecular formula is C25H27N5O2. The minimum absolute atomic E-state index is 0.0230. The third-order valence-electron chi connectivity index (χ3n) is 6.06. The molecule has 5 rings (SSSR count). The number of aliphatic imine (C=N–C) groups is 1. The summed E-state index contributed by atoms with van der Waals surface area (Å²) >= 11 is 0. The van der Waals surface area contributed by atoms with Gasteiger partial charge in [-0.3, -0.25) is 19.7 Å². The van der Waals surface area contributed by atoms with Crippen LogP contribution in [0.2, 0.25) is 0 Å². The van der Waals surface area contributed by atoms with Crippen molar-refractivity contribution in [2.45, 2.75) is 39.3 Å². The van der Waals surface area contributed by atoms with Gasteiger partial charge in [0.1, 0.15) is 12.3 Å². The monoisotopic (exact) mass is 429 g/mol. The van der Waals surface area contributed by atoms with Gasteiger partial charge in [-0.05, 0) is 54.7 Å². The molecule has 32 heavy (non-hydrogen) atoms. The van der Waals surface area contributed by atoms with Crippen molar-refractivity contribution in [2.24, 2.45) is 4.99 Å². The van der Waals surface area contributed by atoms with Gasteiger partial charge in [0.15, 0.2) is 0 Å². The van der Waals surface area contributed by atoms with Crippen molar-refractivity contribution in [3.05, 3.63) is 75.5 Å². The molecule has 0 aromatic carbocycles. The Kier molecular flexibility index (Phi) is 5.57. The molecule has 0 spiro atoms. The summed E-state index contributed by atoms with van der Waals surface area (Å²) in [5.74, 6) is 0.643. The van der Waals surface area contributed by atoms with Crippen LogP contribution in [0.4, 0.5) is 0 Å². The predicted octanol–water partition coefficient (Wildman–Crippen LogP) is 3.34. The highest BCUT2D eigenvalue weighted by atomic mass is 16.5. The molecule has 5 heterocycles. The summed E-state index contributed by atoms with van der Waals surface area (Å²) in [6.45, 7) is 7.28. The SMILES string of the molecule is CCc1cc2ncc(CN3CC=C(c4ccc(C5=N[C@@H](C)CO5)nc4)CC3)cc2[nH]c1=O. The Morgan fingerprint density at radius 1 is 1.22 bits per heavy atom. The number of nitrogens with zero attached hydrogens (tertiary/aromatic N) is 4. The first-order chi connectivity index (χ1) is 15.6. The van der Waals surface area contributed by atoms with Gasteiger partial charge >= 0.3 is 0 Å². The lowest BCUT2D eigenvalue weighted by molar-refractivity contribution is 0.293. The number of aryl methyl sites for hydroxylation is 1. The van der Waals surface area contributed by atoms with Gasteiger partial charge in [0.2, 0.25) is 5.90 Å². The highest BCUT2D eigenvalue weighted by Crippen LogP contribution is 2.24. The zero-order valence-corrected chi connectivity index (χ0v) is 18.5. The smallest absolute Gasteiger partial charge is 0.251 e. The summed E-state index contributed by atoms with van der Waals surface area (Å²) in [4.78, 5) is 31.1. The molecule has 7 heteroatoms. The maximum absolute atomic E-state index is 12.1. The van der Waals surface area contributed by atoms with Crippen LogP contribution in [0.15, 0.2) is 52.5 Å². The highest BCUT2D eigenvalue weighted by molar-refractivity contribution is 5.93. The van der Waals surface area contributed by atoms with E-state index in [1.54, 1.807) is 0 Å². The Morgan fingerprint density at radius 3 is 2.81 bits per heavy atom. The number of fused-ring (bicyclic) bond motifs is 1. The molecule has 3 aromatic heterocycles. The topological polar surface area (TPSA) is 83.5 Å². The summed E-state index contributed by atoms with van der Waals surface area (Å²) < 4.78 is 5.59. The normalized spacial score (nSPS) is 19.0. The van der Waals surface area contributed by atoms with Crippen molar-refractivity contribution in [2.75, 3.05) is 19.7 Å². The van der Waals surface area contributed by atoms with Crippen LogP contribution >= 0.6 is 0 Å². The summed E-state index contributed by atoms with van der Waals surface area (Å²) in [6, 6.07) is 8.22. The van der Waals surface area contributed by atoms with E-state index in [1.165, 1.54) is 5.57 Å². The maximum atomic E-state index is 12.1. The zero-order valence-electron chi connectivity index (χ0n) is 18.5. The second-order valence-corrected chi connectivity index (χ2v) is 8.49. The maximum Gasteiger partial charge on any atom is 0.251 e. The fraction of sp³-hybridized carbons (Fsp3) is 0.360. The molecule has 0 amide bonds.